The number of carbonyl (C=O) groups is 1. The summed E-state index contributed by atoms with van der Waals surface area (Å²) in [5.74, 6) is -0.330. The van der Waals surface area contributed by atoms with Crippen LogP contribution in [0.2, 0.25) is 5.02 Å². The van der Waals surface area contributed by atoms with Gasteiger partial charge in [0.05, 0.1) is 24.1 Å². The predicted octanol–water partition coefficient (Wildman–Crippen LogP) is 5.20. The molecular formula is C19H15ClF3N3O2. The van der Waals surface area contributed by atoms with E-state index in [0.717, 1.165) is 6.20 Å². The third-order valence-corrected chi connectivity index (χ3v) is 4.03. The Morgan fingerprint density at radius 3 is 2.36 bits per heavy atom. The Morgan fingerprint density at radius 1 is 1.14 bits per heavy atom. The Morgan fingerprint density at radius 2 is 1.79 bits per heavy atom. The number of amides is 1. The quantitative estimate of drug-likeness (QED) is 0.630. The maximum absolute atomic E-state index is 13.7. The van der Waals surface area contributed by atoms with Gasteiger partial charge in [-0.3, -0.25) is 4.79 Å². The zero-order chi connectivity index (χ0) is 20.3. The Kier molecular flexibility index (Phi) is 5.60. The summed E-state index contributed by atoms with van der Waals surface area (Å²) >= 11 is 5.78. The van der Waals surface area contributed by atoms with Crippen molar-refractivity contribution in [2.24, 2.45) is 0 Å². The molecule has 1 aromatic heterocycles. The molecule has 5 nitrogen and oxygen atoms in total. The lowest BCUT2D eigenvalue weighted by Crippen LogP contribution is -2.20. The van der Waals surface area contributed by atoms with Gasteiger partial charge in [-0.1, -0.05) is 11.6 Å². The van der Waals surface area contributed by atoms with Crippen LogP contribution in [0.4, 0.5) is 18.9 Å². The number of halogens is 4. The van der Waals surface area contributed by atoms with Crippen LogP contribution in [0.1, 0.15) is 23.0 Å². The van der Waals surface area contributed by atoms with Crippen molar-refractivity contribution in [1.82, 2.24) is 9.78 Å². The number of aromatic nitrogens is 2. The van der Waals surface area contributed by atoms with Gasteiger partial charge < -0.3 is 10.1 Å². The molecule has 3 aromatic rings. The van der Waals surface area contributed by atoms with Crippen LogP contribution >= 0.6 is 11.6 Å². The van der Waals surface area contributed by atoms with Gasteiger partial charge in [0.15, 0.2) is 5.69 Å². The number of nitrogens with one attached hydrogen (secondary N) is 1. The molecule has 0 aliphatic rings. The molecule has 0 radical (unpaired) electrons. The van der Waals surface area contributed by atoms with Gasteiger partial charge in [-0.05, 0) is 55.5 Å². The fourth-order valence-electron chi connectivity index (χ4n) is 2.57. The molecule has 0 fully saturated rings. The van der Waals surface area contributed by atoms with E-state index < -0.39 is 23.3 Å². The Hall–Kier alpha value is -3.00. The van der Waals surface area contributed by atoms with Gasteiger partial charge in [0.25, 0.3) is 5.91 Å². The molecule has 0 bridgehead atoms. The summed E-state index contributed by atoms with van der Waals surface area (Å²) in [6.45, 7) is 2.30. The first-order valence-corrected chi connectivity index (χ1v) is 8.62. The summed E-state index contributed by atoms with van der Waals surface area (Å²) in [5.41, 5.74) is -1.28. The smallest absolute Gasteiger partial charge is 0.434 e. The molecule has 0 saturated heterocycles. The van der Waals surface area contributed by atoms with E-state index in [1.165, 1.54) is 24.3 Å². The number of carbonyl (C=O) groups excluding carboxylic acids is 1. The third kappa shape index (κ3) is 4.28. The topological polar surface area (TPSA) is 56.1 Å². The monoisotopic (exact) mass is 409 g/mol. The highest BCUT2D eigenvalue weighted by Crippen LogP contribution is 2.34. The van der Waals surface area contributed by atoms with E-state index in [1.807, 2.05) is 6.92 Å². The number of nitrogens with zero attached hydrogens (tertiary/aromatic N) is 2. The van der Waals surface area contributed by atoms with Crippen LogP contribution in [0.3, 0.4) is 0 Å². The molecule has 0 unspecified atom stereocenters. The molecule has 1 heterocycles. The second-order valence-electron chi connectivity index (χ2n) is 5.70. The van der Waals surface area contributed by atoms with Crippen LogP contribution in [-0.2, 0) is 6.18 Å². The summed E-state index contributed by atoms with van der Waals surface area (Å²) in [6.07, 6.45) is -3.90. The number of benzene rings is 2. The number of ether oxygens (including phenoxy) is 1. The molecule has 28 heavy (non-hydrogen) atoms. The molecule has 1 N–H and O–H groups in total. The first kappa shape index (κ1) is 19.8. The van der Waals surface area contributed by atoms with Gasteiger partial charge in [0.1, 0.15) is 5.75 Å². The first-order chi connectivity index (χ1) is 13.3. The fraction of sp³-hybridized carbons (Fsp3) is 0.158. The lowest BCUT2D eigenvalue weighted by atomic mass is 10.2. The summed E-state index contributed by atoms with van der Waals surface area (Å²) in [7, 11) is 0. The van der Waals surface area contributed by atoms with Crippen LogP contribution < -0.4 is 10.1 Å². The Labute approximate surface area is 163 Å². The third-order valence-electron chi connectivity index (χ3n) is 3.78. The van der Waals surface area contributed by atoms with Gasteiger partial charge in [0.2, 0.25) is 0 Å². The van der Waals surface area contributed by atoms with Gasteiger partial charge in [0, 0.05) is 10.7 Å². The predicted molar refractivity (Wildman–Crippen MR) is 99.1 cm³/mol. The molecule has 146 valence electrons. The first-order valence-electron chi connectivity index (χ1n) is 8.25. The number of hydrogen-bond acceptors (Lipinski definition) is 3. The molecule has 0 aliphatic carbocycles. The van der Waals surface area contributed by atoms with E-state index in [4.69, 9.17) is 16.3 Å². The minimum Gasteiger partial charge on any atom is -0.494 e. The van der Waals surface area contributed by atoms with Crippen molar-refractivity contribution in [2.45, 2.75) is 13.1 Å². The summed E-state index contributed by atoms with van der Waals surface area (Å²) < 4.78 is 46.9. The number of alkyl halides is 3. The van der Waals surface area contributed by atoms with Crippen molar-refractivity contribution in [1.29, 1.82) is 0 Å². The summed E-state index contributed by atoms with van der Waals surface area (Å²) in [5, 5.41) is 6.57. The molecule has 9 heteroatoms. The van der Waals surface area contributed by atoms with Gasteiger partial charge in [-0.15, -0.1) is 0 Å². The molecular weight excluding hydrogens is 395 g/mol. The highest BCUT2D eigenvalue weighted by Gasteiger charge is 2.40. The Bertz CT molecular complexity index is 968. The van der Waals surface area contributed by atoms with E-state index >= 15 is 0 Å². The zero-order valence-corrected chi connectivity index (χ0v) is 15.4. The minimum absolute atomic E-state index is 0.136. The average Bonchev–Trinajstić information content (AvgIpc) is 3.10. The Balaban J connectivity index is 1.92. The largest absolute Gasteiger partial charge is 0.494 e. The van der Waals surface area contributed by atoms with E-state index in [2.05, 4.69) is 10.4 Å². The summed E-state index contributed by atoms with van der Waals surface area (Å²) in [6, 6.07) is 12.0. The van der Waals surface area contributed by atoms with Crippen LogP contribution in [0, 0.1) is 0 Å². The van der Waals surface area contributed by atoms with E-state index in [-0.39, 0.29) is 5.69 Å². The van der Waals surface area contributed by atoms with E-state index in [0.29, 0.717) is 27.7 Å². The van der Waals surface area contributed by atoms with Gasteiger partial charge in [-0.2, -0.15) is 18.3 Å². The molecule has 0 aliphatic heterocycles. The summed E-state index contributed by atoms with van der Waals surface area (Å²) in [4.78, 5) is 12.5. The molecule has 1 amide bonds. The molecule has 0 saturated carbocycles. The van der Waals surface area contributed by atoms with Crippen molar-refractivity contribution >= 4 is 23.2 Å². The highest BCUT2D eigenvalue weighted by molar-refractivity contribution is 6.30. The maximum atomic E-state index is 13.7. The van der Waals surface area contributed by atoms with Crippen molar-refractivity contribution in [3.05, 3.63) is 71.0 Å². The van der Waals surface area contributed by atoms with Crippen LogP contribution in [0.5, 0.6) is 5.75 Å². The van der Waals surface area contributed by atoms with Crippen molar-refractivity contribution in [2.75, 3.05) is 11.9 Å². The lowest BCUT2D eigenvalue weighted by Gasteiger charge is -2.13. The highest BCUT2D eigenvalue weighted by atomic mass is 35.5. The van der Waals surface area contributed by atoms with Gasteiger partial charge in [-0.25, -0.2) is 4.68 Å². The van der Waals surface area contributed by atoms with Crippen molar-refractivity contribution < 1.29 is 22.7 Å². The second-order valence-corrected chi connectivity index (χ2v) is 6.14. The van der Waals surface area contributed by atoms with E-state index in [1.54, 1.807) is 24.3 Å². The SMILES string of the molecule is CCOc1ccc(NC(=O)c2cnn(-c3ccc(Cl)cc3)c2C(F)(F)F)cc1. The van der Waals surface area contributed by atoms with Crippen LogP contribution in [-0.4, -0.2) is 22.3 Å². The normalized spacial score (nSPS) is 11.3. The second kappa shape index (κ2) is 7.93. The number of anilines is 1. The molecule has 3 rings (SSSR count). The zero-order valence-electron chi connectivity index (χ0n) is 14.6. The molecule has 0 spiro atoms. The fourth-order valence-corrected chi connectivity index (χ4v) is 2.69. The van der Waals surface area contributed by atoms with E-state index in [9.17, 15) is 18.0 Å². The lowest BCUT2D eigenvalue weighted by molar-refractivity contribution is -0.143. The average molecular weight is 410 g/mol. The van der Waals surface area contributed by atoms with Crippen LogP contribution in [0.25, 0.3) is 5.69 Å². The molecule has 0 atom stereocenters. The van der Waals surface area contributed by atoms with Crippen molar-refractivity contribution in [3.8, 4) is 11.4 Å². The minimum atomic E-state index is -4.79. The number of rotatable bonds is 5. The van der Waals surface area contributed by atoms with Crippen molar-refractivity contribution in [3.63, 3.8) is 0 Å². The van der Waals surface area contributed by atoms with Gasteiger partial charge >= 0.3 is 6.18 Å². The molecule has 2 aromatic carbocycles. The standard InChI is InChI=1S/C19H15ClF3N3O2/c1-2-28-15-9-5-13(6-10-15)25-18(27)16-11-24-26(17(16)19(21,22)23)14-7-3-12(20)4-8-14/h3-11H,2H2,1H3,(H,25,27). The van der Waals surface area contributed by atoms with Crippen LogP contribution in [0.15, 0.2) is 54.7 Å². The number of hydrogen-bond donors (Lipinski definition) is 1. The maximum Gasteiger partial charge on any atom is 0.434 e.